The minimum absolute atomic E-state index is 0.359. The Labute approximate surface area is 101 Å². The lowest BCUT2D eigenvalue weighted by molar-refractivity contribution is 0.536. The average molecular weight is 237 g/mol. The van der Waals surface area contributed by atoms with Crippen LogP contribution in [-0.2, 0) is 5.54 Å². The molecule has 3 heteroatoms. The maximum atomic E-state index is 6.15. The molecule has 0 saturated carbocycles. The summed E-state index contributed by atoms with van der Waals surface area (Å²) in [5.74, 6) is 0. The summed E-state index contributed by atoms with van der Waals surface area (Å²) >= 11 is 6.11. The van der Waals surface area contributed by atoms with Crippen LogP contribution in [-0.4, -0.2) is 4.98 Å². The molecule has 2 rings (SSSR count). The molecule has 86 valence electrons. The van der Waals surface area contributed by atoms with Crippen molar-refractivity contribution in [1.82, 2.24) is 4.98 Å². The molecule has 0 unspecified atom stereocenters. The van der Waals surface area contributed by atoms with Gasteiger partial charge in [-0.2, -0.15) is 0 Å². The van der Waals surface area contributed by atoms with Gasteiger partial charge in [0.05, 0.1) is 11.1 Å². The predicted octanol–water partition coefficient (Wildman–Crippen LogP) is 3.63. The van der Waals surface area contributed by atoms with Crippen molar-refractivity contribution in [2.24, 2.45) is 5.73 Å². The fourth-order valence-electron chi connectivity index (χ4n) is 2.16. The number of aromatic nitrogens is 1. The SMILES string of the molecule is Cc1c(C(C)(C)N)[nH]c2c(C)c(Cl)ccc12. The molecule has 1 aromatic carbocycles. The third-order valence-corrected chi connectivity index (χ3v) is 3.48. The number of hydrogen-bond donors (Lipinski definition) is 2. The number of nitrogens with two attached hydrogens (primary N) is 1. The minimum Gasteiger partial charge on any atom is -0.356 e. The number of aromatic amines is 1. The quantitative estimate of drug-likeness (QED) is 0.780. The molecule has 3 N–H and O–H groups in total. The normalized spacial score (nSPS) is 12.4. The lowest BCUT2D eigenvalue weighted by Gasteiger charge is -2.18. The zero-order chi connectivity index (χ0) is 12.1. The monoisotopic (exact) mass is 236 g/mol. The molecular weight excluding hydrogens is 220 g/mol. The average Bonchev–Trinajstić information content (AvgIpc) is 2.50. The van der Waals surface area contributed by atoms with Gasteiger partial charge >= 0.3 is 0 Å². The molecule has 0 bridgehead atoms. The molecular formula is C13H17ClN2. The topological polar surface area (TPSA) is 41.8 Å². The van der Waals surface area contributed by atoms with Crippen LogP contribution in [0.25, 0.3) is 10.9 Å². The maximum absolute atomic E-state index is 6.15. The van der Waals surface area contributed by atoms with Gasteiger partial charge in [0.2, 0.25) is 0 Å². The van der Waals surface area contributed by atoms with Crippen molar-refractivity contribution in [1.29, 1.82) is 0 Å². The number of H-pyrrole nitrogens is 1. The van der Waals surface area contributed by atoms with E-state index in [1.807, 2.05) is 32.9 Å². The lowest BCUT2D eigenvalue weighted by atomic mass is 9.98. The number of rotatable bonds is 1. The van der Waals surface area contributed by atoms with Gasteiger partial charge in [0, 0.05) is 16.1 Å². The van der Waals surface area contributed by atoms with E-state index in [0.717, 1.165) is 21.8 Å². The van der Waals surface area contributed by atoms with Crippen molar-refractivity contribution in [3.8, 4) is 0 Å². The van der Waals surface area contributed by atoms with Crippen LogP contribution >= 0.6 is 11.6 Å². The first kappa shape index (κ1) is 11.5. The molecule has 0 spiro atoms. The Morgan fingerprint density at radius 2 is 1.81 bits per heavy atom. The number of aryl methyl sites for hydroxylation is 2. The molecule has 1 aromatic heterocycles. The van der Waals surface area contributed by atoms with Gasteiger partial charge in [0.25, 0.3) is 0 Å². The number of halogens is 1. The summed E-state index contributed by atoms with van der Waals surface area (Å²) in [6.45, 7) is 8.12. The van der Waals surface area contributed by atoms with E-state index in [1.165, 1.54) is 10.9 Å². The van der Waals surface area contributed by atoms with Gasteiger partial charge in [0.1, 0.15) is 0 Å². The molecule has 0 amide bonds. The van der Waals surface area contributed by atoms with Gasteiger partial charge in [-0.25, -0.2) is 0 Å². The van der Waals surface area contributed by atoms with Gasteiger partial charge in [-0.1, -0.05) is 17.7 Å². The largest absolute Gasteiger partial charge is 0.356 e. The first-order valence-electron chi connectivity index (χ1n) is 5.39. The molecule has 0 aliphatic heterocycles. The van der Waals surface area contributed by atoms with Crippen LogP contribution in [0.5, 0.6) is 0 Å². The fourth-order valence-corrected chi connectivity index (χ4v) is 2.32. The van der Waals surface area contributed by atoms with E-state index in [4.69, 9.17) is 17.3 Å². The van der Waals surface area contributed by atoms with Crippen molar-refractivity contribution < 1.29 is 0 Å². The summed E-state index contributed by atoms with van der Waals surface area (Å²) in [6.07, 6.45) is 0. The Bertz CT molecular complexity index is 547. The van der Waals surface area contributed by atoms with Crippen LogP contribution in [0.4, 0.5) is 0 Å². The first-order chi connectivity index (χ1) is 7.32. The molecule has 0 saturated heterocycles. The summed E-state index contributed by atoms with van der Waals surface area (Å²) in [4.78, 5) is 3.40. The molecule has 0 atom stereocenters. The Morgan fingerprint density at radius 1 is 1.19 bits per heavy atom. The number of nitrogens with one attached hydrogen (secondary N) is 1. The number of hydrogen-bond acceptors (Lipinski definition) is 1. The van der Waals surface area contributed by atoms with E-state index in [9.17, 15) is 0 Å². The Balaban J connectivity index is 2.83. The Morgan fingerprint density at radius 3 is 2.38 bits per heavy atom. The Kier molecular flexibility index (Phi) is 2.52. The maximum Gasteiger partial charge on any atom is 0.0507 e. The zero-order valence-electron chi connectivity index (χ0n) is 10.1. The highest BCUT2D eigenvalue weighted by molar-refractivity contribution is 6.32. The molecule has 1 heterocycles. The van der Waals surface area contributed by atoms with Crippen molar-refractivity contribution in [3.05, 3.63) is 34.0 Å². The van der Waals surface area contributed by atoms with E-state index >= 15 is 0 Å². The molecule has 2 nitrogen and oxygen atoms in total. The summed E-state index contributed by atoms with van der Waals surface area (Å²) in [7, 11) is 0. The van der Waals surface area contributed by atoms with Crippen molar-refractivity contribution in [2.45, 2.75) is 33.2 Å². The van der Waals surface area contributed by atoms with Gasteiger partial charge in [-0.3, -0.25) is 0 Å². The number of benzene rings is 1. The second-order valence-electron chi connectivity index (χ2n) is 4.94. The molecule has 0 aliphatic rings. The first-order valence-corrected chi connectivity index (χ1v) is 5.77. The second kappa shape index (κ2) is 3.51. The zero-order valence-corrected chi connectivity index (χ0v) is 10.9. The molecule has 16 heavy (non-hydrogen) atoms. The predicted molar refractivity (Wildman–Crippen MR) is 70.0 cm³/mol. The smallest absolute Gasteiger partial charge is 0.0507 e. The van der Waals surface area contributed by atoms with Crippen molar-refractivity contribution in [3.63, 3.8) is 0 Å². The van der Waals surface area contributed by atoms with E-state index in [-0.39, 0.29) is 5.54 Å². The highest BCUT2D eigenvalue weighted by atomic mass is 35.5. The van der Waals surface area contributed by atoms with E-state index in [0.29, 0.717) is 0 Å². The van der Waals surface area contributed by atoms with Crippen LogP contribution in [0.15, 0.2) is 12.1 Å². The molecule has 0 radical (unpaired) electrons. The standard InChI is InChI=1S/C13H17ClN2/c1-7-9-5-6-10(14)8(2)11(9)16-12(7)13(3,4)15/h5-6,16H,15H2,1-4H3. The van der Waals surface area contributed by atoms with Crippen molar-refractivity contribution in [2.75, 3.05) is 0 Å². The summed E-state index contributed by atoms with van der Waals surface area (Å²) in [6, 6.07) is 3.99. The van der Waals surface area contributed by atoms with Gasteiger partial charge < -0.3 is 10.7 Å². The van der Waals surface area contributed by atoms with Gasteiger partial charge in [-0.15, -0.1) is 0 Å². The van der Waals surface area contributed by atoms with E-state index in [1.54, 1.807) is 0 Å². The van der Waals surface area contributed by atoms with Crippen LogP contribution < -0.4 is 5.73 Å². The summed E-state index contributed by atoms with van der Waals surface area (Å²) < 4.78 is 0. The third kappa shape index (κ3) is 1.62. The second-order valence-corrected chi connectivity index (χ2v) is 5.35. The molecule has 0 aliphatic carbocycles. The lowest BCUT2D eigenvalue weighted by Crippen LogP contribution is -2.29. The van der Waals surface area contributed by atoms with Gasteiger partial charge in [0.15, 0.2) is 0 Å². The summed E-state index contributed by atoms with van der Waals surface area (Å²) in [5.41, 5.74) is 10.3. The van der Waals surface area contributed by atoms with Crippen LogP contribution in [0.2, 0.25) is 5.02 Å². The Hall–Kier alpha value is -0.990. The highest BCUT2D eigenvalue weighted by Gasteiger charge is 2.21. The molecule has 2 aromatic rings. The highest BCUT2D eigenvalue weighted by Crippen LogP contribution is 2.32. The van der Waals surface area contributed by atoms with E-state index in [2.05, 4.69) is 11.9 Å². The van der Waals surface area contributed by atoms with E-state index < -0.39 is 0 Å². The number of fused-ring (bicyclic) bond motifs is 1. The van der Waals surface area contributed by atoms with Crippen LogP contribution in [0.3, 0.4) is 0 Å². The fraction of sp³-hybridized carbons (Fsp3) is 0.385. The summed E-state index contributed by atoms with van der Waals surface area (Å²) in [5, 5.41) is 1.99. The van der Waals surface area contributed by atoms with Crippen LogP contribution in [0.1, 0.15) is 30.7 Å². The minimum atomic E-state index is -0.359. The third-order valence-electron chi connectivity index (χ3n) is 3.07. The molecule has 0 fully saturated rings. The van der Waals surface area contributed by atoms with Crippen molar-refractivity contribution >= 4 is 22.5 Å². The van der Waals surface area contributed by atoms with Gasteiger partial charge in [-0.05, 0) is 44.9 Å². The van der Waals surface area contributed by atoms with Crippen LogP contribution in [0, 0.1) is 13.8 Å².